The maximum atomic E-state index is 10.9. The maximum absolute atomic E-state index is 10.9. The molecule has 5 nitrogen and oxygen atoms in total. The van der Waals surface area contributed by atoms with Crippen LogP contribution in [0.25, 0.3) is 0 Å². The summed E-state index contributed by atoms with van der Waals surface area (Å²) in [4.78, 5) is 14.3. The summed E-state index contributed by atoms with van der Waals surface area (Å²) in [6, 6.07) is 8.86. The molecule has 19 heavy (non-hydrogen) atoms. The van der Waals surface area contributed by atoms with Crippen molar-refractivity contribution in [3.63, 3.8) is 0 Å². The Morgan fingerprint density at radius 1 is 1.21 bits per heavy atom. The Morgan fingerprint density at radius 3 is 2.53 bits per heavy atom. The van der Waals surface area contributed by atoms with E-state index in [0.29, 0.717) is 4.47 Å². The first kappa shape index (κ1) is 14.0. The summed E-state index contributed by atoms with van der Waals surface area (Å²) in [7, 11) is 0. The number of nitrogens with zero attached hydrogens (tertiary/aromatic N) is 2. The molecule has 7 heteroatoms. The second-order valence-corrected chi connectivity index (χ2v) is 5.48. The van der Waals surface area contributed by atoms with E-state index in [0.717, 1.165) is 10.0 Å². The van der Waals surface area contributed by atoms with Gasteiger partial charge in [-0.15, -0.1) is 0 Å². The molecular weight excluding hydrogens is 380 g/mol. The van der Waals surface area contributed by atoms with E-state index < -0.39 is 4.92 Å². The average Bonchev–Trinajstić information content (AvgIpc) is 2.39. The zero-order valence-corrected chi connectivity index (χ0v) is 12.7. The number of hydrogen-bond acceptors (Lipinski definition) is 4. The van der Waals surface area contributed by atoms with Crippen LogP contribution in [0.5, 0.6) is 5.88 Å². The number of ether oxygens (including phenoxy) is 1. The van der Waals surface area contributed by atoms with E-state index in [9.17, 15) is 10.1 Å². The summed E-state index contributed by atoms with van der Waals surface area (Å²) in [5.74, 6) is 0.0103. The molecule has 0 radical (unpaired) electrons. The fourth-order valence-corrected chi connectivity index (χ4v) is 1.97. The van der Waals surface area contributed by atoms with Gasteiger partial charge in [0.1, 0.15) is 6.61 Å². The number of benzene rings is 1. The van der Waals surface area contributed by atoms with Crippen LogP contribution in [0.2, 0.25) is 0 Å². The Hall–Kier alpha value is -1.47. The van der Waals surface area contributed by atoms with Gasteiger partial charge in [-0.05, 0) is 33.6 Å². The molecule has 0 aliphatic carbocycles. The first-order valence-electron chi connectivity index (χ1n) is 5.23. The molecule has 0 atom stereocenters. The Bertz CT molecular complexity index is 602. The lowest BCUT2D eigenvalue weighted by Gasteiger charge is -2.06. The monoisotopic (exact) mass is 386 g/mol. The molecular formula is C12H8Br2N2O3. The van der Waals surface area contributed by atoms with Crippen LogP contribution in [-0.2, 0) is 6.61 Å². The Labute approximate surface area is 126 Å². The third kappa shape index (κ3) is 3.74. The Balaban J connectivity index is 2.15. The van der Waals surface area contributed by atoms with E-state index in [2.05, 4.69) is 36.8 Å². The summed E-state index contributed by atoms with van der Waals surface area (Å²) in [6.45, 7) is 0.225. The molecule has 1 aromatic heterocycles. The van der Waals surface area contributed by atoms with E-state index in [-0.39, 0.29) is 18.2 Å². The second-order valence-electron chi connectivity index (χ2n) is 3.65. The van der Waals surface area contributed by atoms with Gasteiger partial charge in [0.25, 0.3) is 5.88 Å². The molecule has 0 N–H and O–H groups in total. The smallest absolute Gasteiger partial charge is 0.332 e. The number of halogens is 2. The van der Waals surface area contributed by atoms with E-state index in [4.69, 9.17) is 4.74 Å². The van der Waals surface area contributed by atoms with Gasteiger partial charge in [0.15, 0.2) is 0 Å². The molecule has 2 rings (SSSR count). The van der Waals surface area contributed by atoms with Crippen molar-refractivity contribution >= 4 is 37.5 Å². The zero-order valence-electron chi connectivity index (χ0n) is 9.55. The van der Waals surface area contributed by atoms with Crippen LogP contribution in [0.3, 0.4) is 0 Å². The average molecular weight is 388 g/mol. The molecule has 0 saturated carbocycles. The quantitative estimate of drug-likeness (QED) is 0.585. The lowest BCUT2D eigenvalue weighted by molar-refractivity contribution is -0.386. The van der Waals surface area contributed by atoms with Crippen LogP contribution in [-0.4, -0.2) is 9.91 Å². The van der Waals surface area contributed by atoms with Crippen molar-refractivity contribution in [1.82, 2.24) is 4.98 Å². The molecule has 0 unspecified atom stereocenters. The molecule has 0 amide bonds. The van der Waals surface area contributed by atoms with Gasteiger partial charge in [0.2, 0.25) is 0 Å². The summed E-state index contributed by atoms with van der Waals surface area (Å²) in [5.41, 5.74) is 0.744. The minimum atomic E-state index is -0.519. The van der Waals surface area contributed by atoms with Gasteiger partial charge in [-0.1, -0.05) is 28.1 Å². The molecule has 0 fully saturated rings. The molecule has 0 saturated heterocycles. The van der Waals surface area contributed by atoms with Crippen LogP contribution in [0.1, 0.15) is 5.56 Å². The highest BCUT2D eigenvalue weighted by molar-refractivity contribution is 9.10. The molecule has 0 aliphatic heterocycles. The lowest BCUT2D eigenvalue weighted by atomic mass is 10.2. The van der Waals surface area contributed by atoms with Gasteiger partial charge >= 0.3 is 5.69 Å². The predicted octanol–water partition coefficient (Wildman–Crippen LogP) is 4.09. The fourth-order valence-electron chi connectivity index (χ4n) is 1.39. The number of rotatable bonds is 4. The molecule has 98 valence electrons. The van der Waals surface area contributed by atoms with Gasteiger partial charge in [-0.3, -0.25) is 10.1 Å². The Morgan fingerprint density at radius 2 is 1.89 bits per heavy atom. The summed E-state index contributed by atoms with van der Waals surface area (Å²) in [5, 5.41) is 10.9. The number of nitro groups is 1. The minimum absolute atomic E-state index is 0.0103. The van der Waals surface area contributed by atoms with Crippen molar-refractivity contribution in [2.24, 2.45) is 0 Å². The third-order valence-electron chi connectivity index (χ3n) is 2.28. The molecule has 0 aliphatic rings. The predicted molar refractivity (Wildman–Crippen MR) is 77.1 cm³/mol. The second kappa shape index (κ2) is 6.12. The SMILES string of the molecule is O=[N+]([O-])c1cc(Br)cnc1OCc1ccc(Br)cc1. The van der Waals surface area contributed by atoms with Crippen LogP contribution < -0.4 is 4.74 Å². The first-order chi connectivity index (χ1) is 9.06. The summed E-state index contributed by atoms with van der Waals surface area (Å²) < 4.78 is 6.89. The van der Waals surface area contributed by atoms with E-state index in [1.165, 1.54) is 12.3 Å². The van der Waals surface area contributed by atoms with Gasteiger partial charge < -0.3 is 4.74 Å². The highest BCUT2D eigenvalue weighted by atomic mass is 79.9. The summed E-state index contributed by atoms with van der Waals surface area (Å²) >= 11 is 6.47. The largest absolute Gasteiger partial charge is 0.468 e. The number of pyridine rings is 1. The van der Waals surface area contributed by atoms with Crippen molar-refractivity contribution in [2.75, 3.05) is 0 Å². The van der Waals surface area contributed by atoms with E-state index in [1.807, 2.05) is 24.3 Å². The van der Waals surface area contributed by atoms with E-state index >= 15 is 0 Å². The van der Waals surface area contributed by atoms with Crippen molar-refractivity contribution in [3.8, 4) is 5.88 Å². The minimum Gasteiger partial charge on any atom is -0.468 e. The Kier molecular flexibility index (Phi) is 4.49. The molecule has 1 heterocycles. The topological polar surface area (TPSA) is 65.3 Å². The van der Waals surface area contributed by atoms with E-state index in [1.54, 1.807) is 0 Å². The molecule has 2 aromatic rings. The summed E-state index contributed by atoms with van der Waals surface area (Å²) in [6.07, 6.45) is 1.46. The maximum Gasteiger partial charge on any atom is 0.332 e. The number of aromatic nitrogens is 1. The molecule has 0 bridgehead atoms. The van der Waals surface area contributed by atoms with Gasteiger partial charge in [0.05, 0.1) is 4.92 Å². The molecule has 0 spiro atoms. The highest BCUT2D eigenvalue weighted by Gasteiger charge is 2.17. The van der Waals surface area contributed by atoms with Gasteiger partial charge in [-0.2, -0.15) is 0 Å². The first-order valence-corrected chi connectivity index (χ1v) is 6.82. The van der Waals surface area contributed by atoms with Crippen LogP contribution in [0, 0.1) is 10.1 Å². The zero-order chi connectivity index (χ0) is 13.8. The number of hydrogen-bond donors (Lipinski definition) is 0. The third-order valence-corrected chi connectivity index (χ3v) is 3.25. The van der Waals surface area contributed by atoms with Crippen LogP contribution >= 0.6 is 31.9 Å². The van der Waals surface area contributed by atoms with Crippen molar-refractivity contribution in [2.45, 2.75) is 6.61 Å². The normalized spacial score (nSPS) is 10.2. The van der Waals surface area contributed by atoms with Crippen molar-refractivity contribution in [3.05, 3.63) is 61.2 Å². The van der Waals surface area contributed by atoms with Gasteiger partial charge in [0, 0.05) is 21.2 Å². The fraction of sp³-hybridized carbons (Fsp3) is 0.0833. The lowest BCUT2D eigenvalue weighted by Crippen LogP contribution is -2.01. The van der Waals surface area contributed by atoms with Crippen LogP contribution in [0.15, 0.2) is 45.5 Å². The van der Waals surface area contributed by atoms with Crippen molar-refractivity contribution in [1.29, 1.82) is 0 Å². The molecule has 1 aromatic carbocycles. The highest BCUT2D eigenvalue weighted by Crippen LogP contribution is 2.27. The van der Waals surface area contributed by atoms with Crippen LogP contribution in [0.4, 0.5) is 5.69 Å². The van der Waals surface area contributed by atoms with Gasteiger partial charge in [-0.25, -0.2) is 4.98 Å². The van der Waals surface area contributed by atoms with Crippen molar-refractivity contribution < 1.29 is 9.66 Å². The standard InChI is InChI=1S/C12H8Br2N2O3/c13-9-3-1-8(2-4-9)7-19-12-11(16(17)18)5-10(14)6-15-12/h1-6H,7H2.